The summed E-state index contributed by atoms with van der Waals surface area (Å²) in [5.41, 5.74) is 0.306. The molecule has 7 nitrogen and oxygen atoms in total. The number of benzene rings is 1. The third-order valence-electron chi connectivity index (χ3n) is 4.36. The number of thiazole rings is 1. The van der Waals surface area contributed by atoms with Crippen LogP contribution in [-0.2, 0) is 25.6 Å². The molecule has 3 rings (SSSR count). The van der Waals surface area contributed by atoms with Gasteiger partial charge in [-0.25, -0.2) is 4.79 Å². The topological polar surface area (TPSA) is 77.8 Å². The van der Waals surface area contributed by atoms with Crippen LogP contribution in [-0.4, -0.2) is 54.3 Å². The number of aromatic nitrogens is 1. The highest BCUT2D eigenvalue weighted by molar-refractivity contribution is 7.07. The molecule has 1 fully saturated rings. The number of hydrogen-bond acceptors (Lipinski definition) is 6. The van der Waals surface area contributed by atoms with Crippen molar-refractivity contribution in [1.82, 2.24) is 9.47 Å². The van der Waals surface area contributed by atoms with Gasteiger partial charge in [0.25, 0.3) is 5.56 Å². The van der Waals surface area contributed by atoms with E-state index in [0.717, 1.165) is 11.3 Å². The molecule has 10 heteroatoms. The fourth-order valence-electron chi connectivity index (χ4n) is 2.88. The maximum atomic E-state index is 13.0. The molecule has 0 bridgehead atoms. The Hall–Kier alpha value is -2.13. The lowest BCUT2D eigenvalue weighted by Crippen LogP contribution is -2.45. The van der Waals surface area contributed by atoms with Gasteiger partial charge in [0.05, 0.1) is 40.5 Å². The van der Waals surface area contributed by atoms with Gasteiger partial charge in [-0.2, -0.15) is 0 Å². The van der Waals surface area contributed by atoms with Crippen molar-refractivity contribution in [3.63, 3.8) is 0 Å². The van der Waals surface area contributed by atoms with Crippen LogP contribution in [0.15, 0.2) is 23.0 Å². The number of esters is 1. The molecule has 160 valence electrons. The molecule has 0 unspecified atom stereocenters. The third-order valence-corrected chi connectivity index (χ3v) is 6.16. The van der Waals surface area contributed by atoms with E-state index in [1.165, 1.54) is 10.6 Å². The number of halogens is 2. The lowest BCUT2D eigenvalue weighted by atomic mass is 10.2. The predicted molar refractivity (Wildman–Crippen MR) is 116 cm³/mol. The van der Waals surface area contributed by atoms with Gasteiger partial charge in [0.2, 0.25) is 5.91 Å². The number of hydrogen-bond donors (Lipinski definition) is 0. The third kappa shape index (κ3) is 5.51. The Morgan fingerprint density at radius 3 is 2.63 bits per heavy atom. The van der Waals surface area contributed by atoms with Crippen LogP contribution in [0.25, 0.3) is 12.2 Å². The van der Waals surface area contributed by atoms with E-state index in [4.69, 9.17) is 32.7 Å². The number of morpholine rings is 1. The van der Waals surface area contributed by atoms with Crippen molar-refractivity contribution >= 4 is 58.6 Å². The molecule has 2 aromatic rings. The molecule has 0 radical (unpaired) electrons. The molecule has 1 aliphatic heterocycles. The van der Waals surface area contributed by atoms with Crippen LogP contribution in [0.5, 0.6) is 0 Å². The fraction of sp³-hybridized carbons (Fsp3) is 0.350. The van der Waals surface area contributed by atoms with Crippen molar-refractivity contribution in [2.45, 2.75) is 13.5 Å². The number of carbonyl (C=O) groups is 2. The quantitative estimate of drug-likeness (QED) is 0.614. The van der Waals surface area contributed by atoms with Gasteiger partial charge in [-0.05, 0) is 30.7 Å². The number of nitrogens with zero attached hydrogens (tertiary/aromatic N) is 2. The van der Waals surface area contributed by atoms with Gasteiger partial charge in [0.15, 0.2) is 0 Å². The summed E-state index contributed by atoms with van der Waals surface area (Å²) in [7, 11) is 0. The Bertz CT molecular complexity index is 1120. The molecule has 1 aromatic heterocycles. The van der Waals surface area contributed by atoms with Crippen molar-refractivity contribution in [2.75, 3.05) is 32.9 Å². The van der Waals surface area contributed by atoms with Gasteiger partial charge in [-0.1, -0.05) is 29.3 Å². The Labute approximate surface area is 186 Å². The molecule has 0 spiro atoms. The van der Waals surface area contributed by atoms with Crippen LogP contribution in [0.1, 0.15) is 12.5 Å². The highest BCUT2D eigenvalue weighted by Crippen LogP contribution is 2.22. The van der Waals surface area contributed by atoms with Gasteiger partial charge in [-0.3, -0.25) is 14.2 Å². The first-order chi connectivity index (χ1) is 14.4. The highest BCUT2D eigenvalue weighted by Gasteiger charge is 2.19. The standard InChI is InChI=1S/C20H20Cl2N2O5S/c1-2-29-19(26)11-18-24(12-17(25)23-5-7-28-8-6-23)20(27)16(30-18)10-13-3-4-14(21)15(22)9-13/h3-4,9-11H,2,5-8,12H2,1H3/b16-10-,18-11-. The zero-order chi connectivity index (χ0) is 21.7. The van der Waals surface area contributed by atoms with Crippen LogP contribution < -0.4 is 14.8 Å². The molecular weight excluding hydrogens is 451 g/mol. The Morgan fingerprint density at radius 2 is 1.97 bits per heavy atom. The molecule has 1 aliphatic rings. The molecule has 1 amide bonds. The van der Waals surface area contributed by atoms with Crippen LogP contribution in [0.4, 0.5) is 0 Å². The zero-order valence-electron chi connectivity index (χ0n) is 16.2. The van der Waals surface area contributed by atoms with E-state index in [2.05, 4.69) is 0 Å². The average molecular weight is 471 g/mol. The predicted octanol–water partition coefficient (Wildman–Crippen LogP) is 1.25. The van der Waals surface area contributed by atoms with Gasteiger partial charge in [0.1, 0.15) is 11.2 Å². The molecule has 0 N–H and O–H groups in total. The summed E-state index contributed by atoms with van der Waals surface area (Å²) in [5, 5.41) is 0.771. The lowest BCUT2D eigenvalue weighted by molar-refractivity contribution is -0.136. The number of carbonyl (C=O) groups excluding carboxylic acids is 2. The largest absolute Gasteiger partial charge is 0.463 e. The molecule has 1 saturated heterocycles. The zero-order valence-corrected chi connectivity index (χ0v) is 18.6. The van der Waals surface area contributed by atoms with E-state index in [-0.39, 0.29) is 24.6 Å². The second kappa shape index (κ2) is 10.3. The first-order valence-corrected chi connectivity index (χ1v) is 10.9. The van der Waals surface area contributed by atoms with E-state index in [1.807, 2.05) is 0 Å². The van der Waals surface area contributed by atoms with Gasteiger partial charge < -0.3 is 14.4 Å². The van der Waals surface area contributed by atoms with Gasteiger partial charge in [-0.15, -0.1) is 11.3 Å². The maximum Gasteiger partial charge on any atom is 0.333 e. The monoisotopic (exact) mass is 470 g/mol. The van der Waals surface area contributed by atoms with Gasteiger partial charge in [0, 0.05) is 13.1 Å². The van der Waals surface area contributed by atoms with Crippen molar-refractivity contribution in [2.24, 2.45) is 0 Å². The Balaban J connectivity index is 2.03. The second-order valence-corrected chi connectivity index (χ2v) is 8.28. The SMILES string of the molecule is CCOC(=O)/C=c1\s/c(=C\c2ccc(Cl)c(Cl)c2)c(=O)n1CC(=O)N1CCOCC1. The van der Waals surface area contributed by atoms with Crippen molar-refractivity contribution in [3.8, 4) is 0 Å². The number of ether oxygens (including phenoxy) is 2. The normalized spacial score (nSPS) is 15.5. The fourth-order valence-corrected chi connectivity index (χ4v) is 4.22. The Kier molecular flexibility index (Phi) is 7.71. The minimum Gasteiger partial charge on any atom is -0.463 e. The molecular formula is C20H20Cl2N2O5S. The summed E-state index contributed by atoms with van der Waals surface area (Å²) >= 11 is 13.1. The summed E-state index contributed by atoms with van der Waals surface area (Å²) in [6, 6.07) is 5.00. The van der Waals surface area contributed by atoms with E-state index in [9.17, 15) is 14.4 Å². The van der Waals surface area contributed by atoms with E-state index in [1.54, 1.807) is 36.1 Å². The molecule has 0 aliphatic carbocycles. The summed E-state index contributed by atoms with van der Waals surface area (Å²) < 4.78 is 12.2. The molecule has 30 heavy (non-hydrogen) atoms. The second-order valence-electron chi connectivity index (χ2n) is 6.40. The molecule has 0 saturated carbocycles. The van der Waals surface area contributed by atoms with Crippen molar-refractivity contribution in [3.05, 3.63) is 53.4 Å². The van der Waals surface area contributed by atoms with Gasteiger partial charge >= 0.3 is 5.97 Å². The van der Waals surface area contributed by atoms with Crippen molar-refractivity contribution < 1.29 is 19.1 Å². The minimum absolute atomic E-state index is 0.171. The van der Waals surface area contributed by atoms with Crippen LogP contribution in [0.3, 0.4) is 0 Å². The highest BCUT2D eigenvalue weighted by atomic mass is 35.5. The number of rotatable bonds is 5. The maximum absolute atomic E-state index is 13.0. The molecule has 0 atom stereocenters. The van der Waals surface area contributed by atoms with E-state index >= 15 is 0 Å². The first-order valence-electron chi connectivity index (χ1n) is 9.29. The van der Waals surface area contributed by atoms with E-state index < -0.39 is 5.97 Å². The smallest absolute Gasteiger partial charge is 0.333 e. The number of amides is 1. The van der Waals surface area contributed by atoms with Crippen LogP contribution in [0.2, 0.25) is 10.0 Å². The lowest BCUT2D eigenvalue weighted by Gasteiger charge is -2.26. The summed E-state index contributed by atoms with van der Waals surface area (Å²) in [6.45, 7) is 3.59. The summed E-state index contributed by atoms with van der Waals surface area (Å²) in [6.07, 6.45) is 2.88. The summed E-state index contributed by atoms with van der Waals surface area (Å²) in [4.78, 5) is 39.3. The average Bonchev–Trinajstić information content (AvgIpc) is 3.00. The van der Waals surface area contributed by atoms with Crippen LogP contribution >= 0.6 is 34.5 Å². The van der Waals surface area contributed by atoms with E-state index in [0.29, 0.717) is 51.1 Å². The first kappa shape index (κ1) is 22.6. The Morgan fingerprint density at radius 1 is 1.23 bits per heavy atom. The molecule has 1 aromatic carbocycles. The van der Waals surface area contributed by atoms with Crippen LogP contribution in [0, 0.1) is 0 Å². The molecule has 2 heterocycles. The minimum atomic E-state index is -0.576. The summed E-state index contributed by atoms with van der Waals surface area (Å²) in [5.74, 6) is -0.787. The van der Waals surface area contributed by atoms with Crippen molar-refractivity contribution in [1.29, 1.82) is 0 Å².